The van der Waals surface area contributed by atoms with Gasteiger partial charge in [-0.3, -0.25) is 14.6 Å². The number of amides is 2. The standard InChI is InChI=1S/C17H25N5O2/c1-20(2)11-12-22-10-5-17(16(22)24)3-8-21(9-4-17)15(23)14-13-18-6-7-19-14/h6-7,13H,3-5,8-12H2,1-2H3. The molecule has 0 aromatic carbocycles. The van der Waals surface area contributed by atoms with Crippen molar-refractivity contribution in [1.29, 1.82) is 0 Å². The second-order valence-electron chi connectivity index (χ2n) is 7.01. The lowest BCUT2D eigenvalue weighted by Crippen LogP contribution is -2.47. The fourth-order valence-corrected chi connectivity index (χ4v) is 3.60. The third-order valence-electron chi connectivity index (χ3n) is 5.21. The number of carbonyl (C=O) groups is 2. The summed E-state index contributed by atoms with van der Waals surface area (Å²) in [5, 5.41) is 0. The first-order valence-corrected chi connectivity index (χ1v) is 8.51. The van der Waals surface area contributed by atoms with Crippen molar-refractivity contribution in [2.24, 2.45) is 5.41 Å². The Bertz CT molecular complexity index is 596. The molecular formula is C17H25N5O2. The second kappa shape index (κ2) is 6.84. The van der Waals surface area contributed by atoms with Gasteiger partial charge in [-0.15, -0.1) is 0 Å². The van der Waals surface area contributed by atoms with Crippen LogP contribution in [0.2, 0.25) is 0 Å². The van der Waals surface area contributed by atoms with E-state index in [4.69, 9.17) is 0 Å². The normalized spacial score (nSPS) is 20.2. The molecule has 3 rings (SSSR count). The first kappa shape index (κ1) is 16.8. The Morgan fingerprint density at radius 3 is 2.54 bits per heavy atom. The molecule has 2 fully saturated rings. The highest BCUT2D eigenvalue weighted by molar-refractivity contribution is 5.92. The van der Waals surface area contributed by atoms with Crippen LogP contribution in [0.1, 0.15) is 29.8 Å². The molecule has 1 aromatic rings. The Kier molecular flexibility index (Phi) is 4.80. The molecule has 2 aliphatic rings. The van der Waals surface area contributed by atoms with Crippen molar-refractivity contribution in [1.82, 2.24) is 24.7 Å². The maximum absolute atomic E-state index is 12.8. The summed E-state index contributed by atoms with van der Waals surface area (Å²) in [5.41, 5.74) is 0.115. The van der Waals surface area contributed by atoms with E-state index in [-0.39, 0.29) is 17.2 Å². The van der Waals surface area contributed by atoms with Crippen molar-refractivity contribution in [2.45, 2.75) is 19.3 Å². The number of likely N-dealkylation sites (N-methyl/N-ethyl adjacent to an activating group) is 1. The van der Waals surface area contributed by atoms with Gasteiger partial charge in [0, 0.05) is 45.1 Å². The monoisotopic (exact) mass is 331 g/mol. The maximum atomic E-state index is 12.8. The number of piperidine rings is 1. The zero-order valence-corrected chi connectivity index (χ0v) is 14.4. The summed E-state index contributed by atoms with van der Waals surface area (Å²) < 4.78 is 0. The van der Waals surface area contributed by atoms with Gasteiger partial charge in [-0.2, -0.15) is 0 Å². The van der Waals surface area contributed by atoms with Crippen LogP contribution in [0, 0.1) is 5.41 Å². The van der Waals surface area contributed by atoms with E-state index < -0.39 is 0 Å². The number of aromatic nitrogens is 2. The van der Waals surface area contributed by atoms with Gasteiger partial charge >= 0.3 is 0 Å². The number of nitrogens with zero attached hydrogens (tertiary/aromatic N) is 5. The van der Waals surface area contributed by atoms with Gasteiger partial charge in [0.25, 0.3) is 5.91 Å². The molecule has 3 heterocycles. The lowest BCUT2D eigenvalue weighted by Gasteiger charge is -2.37. The second-order valence-corrected chi connectivity index (χ2v) is 7.01. The van der Waals surface area contributed by atoms with Crippen molar-refractivity contribution < 1.29 is 9.59 Å². The number of rotatable bonds is 4. The zero-order chi connectivity index (χ0) is 17.2. The molecule has 0 unspecified atom stereocenters. The molecule has 2 amide bonds. The van der Waals surface area contributed by atoms with Crippen LogP contribution < -0.4 is 0 Å². The Balaban J connectivity index is 1.59. The molecule has 0 bridgehead atoms. The van der Waals surface area contributed by atoms with Gasteiger partial charge in [-0.05, 0) is 33.4 Å². The van der Waals surface area contributed by atoms with Crippen molar-refractivity contribution in [2.75, 3.05) is 46.8 Å². The summed E-state index contributed by atoms with van der Waals surface area (Å²) in [6.07, 6.45) is 6.98. The Morgan fingerprint density at radius 1 is 1.21 bits per heavy atom. The Morgan fingerprint density at radius 2 is 1.92 bits per heavy atom. The maximum Gasteiger partial charge on any atom is 0.274 e. The summed E-state index contributed by atoms with van der Waals surface area (Å²) >= 11 is 0. The molecule has 24 heavy (non-hydrogen) atoms. The van der Waals surface area contributed by atoms with Crippen LogP contribution in [0.5, 0.6) is 0 Å². The molecule has 0 N–H and O–H groups in total. The third-order valence-corrected chi connectivity index (χ3v) is 5.21. The van der Waals surface area contributed by atoms with Crippen LogP contribution in [0.25, 0.3) is 0 Å². The number of likely N-dealkylation sites (tertiary alicyclic amines) is 2. The largest absolute Gasteiger partial charge is 0.341 e. The molecular weight excluding hydrogens is 306 g/mol. The first-order valence-electron chi connectivity index (χ1n) is 8.51. The van der Waals surface area contributed by atoms with Crippen LogP contribution in [0.4, 0.5) is 0 Å². The average molecular weight is 331 g/mol. The average Bonchev–Trinajstić information content (AvgIpc) is 2.90. The van der Waals surface area contributed by atoms with Crippen LogP contribution in [0.3, 0.4) is 0 Å². The van der Waals surface area contributed by atoms with Crippen LogP contribution >= 0.6 is 0 Å². The van der Waals surface area contributed by atoms with Gasteiger partial charge in [0.2, 0.25) is 5.91 Å². The Hall–Kier alpha value is -2.02. The molecule has 2 saturated heterocycles. The minimum atomic E-state index is -0.258. The minimum absolute atomic E-state index is 0.0899. The van der Waals surface area contributed by atoms with Crippen molar-refractivity contribution in [3.05, 3.63) is 24.3 Å². The molecule has 0 saturated carbocycles. The van der Waals surface area contributed by atoms with Gasteiger partial charge < -0.3 is 14.7 Å². The first-order chi connectivity index (χ1) is 11.5. The number of hydrogen-bond donors (Lipinski definition) is 0. The summed E-state index contributed by atoms with van der Waals surface area (Å²) in [6, 6.07) is 0. The molecule has 0 atom stereocenters. The van der Waals surface area contributed by atoms with Crippen molar-refractivity contribution >= 4 is 11.8 Å². The van der Waals surface area contributed by atoms with E-state index in [9.17, 15) is 9.59 Å². The van der Waals surface area contributed by atoms with E-state index in [0.717, 1.165) is 38.9 Å². The lowest BCUT2D eigenvalue weighted by molar-refractivity contribution is -0.138. The van der Waals surface area contributed by atoms with Gasteiger partial charge in [0.15, 0.2) is 0 Å². The molecule has 2 aliphatic heterocycles. The van der Waals surface area contributed by atoms with Crippen LogP contribution in [-0.2, 0) is 4.79 Å². The highest BCUT2D eigenvalue weighted by Gasteiger charge is 2.48. The van der Waals surface area contributed by atoms with Crippen LogP contribution in [0.15, 0.2) is 18.6 Å². The van der Waals surface area contributed by atoms with Crippen molar-refractivity contribution in [3.63, 3.8) is 0 Å². The molecule has 7 heteroatoms. The van der Waals surface area contributed by atoms with Crippen molar-refractivity contribution in [3.8, 4) is 0 Å². The molecule has 1 aromatic heterocycles. The molecule has 1 spiro atoms. The fourth-order valence-electron chi connectivity index (χ4n) is 3.60. The topological polar surface area (TPSA) is 69.6 Å². The van der Waals surface area contributed by atoms with Gasteiger partial charge in [-0.1, -0.05) is 0 Å². The predicted molar refractivity (Wildman–Crippen MR) is 89.4 cm³/mol. The summed E-state index contributed by atoms with van der Waals surface area (Å²) in [7, 11) is 4.04. The summed E-state index contributed by atoms with van der Waals surface area (Å²) in [5.74, 6) is 0.184. The molecule has 0 radical (unpaired) electrons. The van der Waals surface area contributed by atoms with E-state index in [1.54, 1.807) is 11.1 Å². The Labute approximate surface area is 142 Å². The highest BCUT2D eigenvalue weighted by atomic mass is 16.2. The number of carbonyl (C=O) groups excluding carboxylic acids is 2. The molecule has 7 nitrogen and oxygen atoms in total. The minimum Gasteiger partial charge on any atom is -0.341 e. The van der Waals surface area contributed by atoms with Gasteiger partial charge in [0.1, 0.15) is 5.69 Å². The van der Waals surface area contributed by atoms with E-state index >= 15 is 0 Å². The van der Waals surface area contributed by atoms with E-state index in [0.29, 0.717) is 18.8 Å². The SMILES string of the molecule is CN(C)CCN1CCC2(CCN(C(=O)c3cnccn3)CC2)C1=O. The number of hydrogen-bond acceptors (Lipinski definition) is 5. The van der Waals surface area contributed by atoms with Gasteiger partial charge in [-0.25, -0.2) is 4.98 Å². The van der Waals surface area contributed by atoms with Gasteiger partial charge in [0.05, 0.1) is 11.6 Å². The van der Waals surface area contributed by atoms with E-state index in [1.807, 2.05) is 19.0 Å². The molecule has 130 valence electrons. The quantitative estimate of drug-likeness (QED) is 0.803. The fraction of sp³-hybridized carbons (Fsp3) is 0.647. The highest BCUT2D eigenvalue weighted by Crippen LogP contribution is 2.41. The third kappa shape index (κ3) is 3.26. The summed E-state index contributed by atoms with van der Waals surface area (Å²) in [6.45, 7) is 3.74. The van der Waals surface area contributed by atoms with E-state index in [1.165, 1.54) is 12.4 Å². The predicted octanol–water partition coefficient (Wildman–Crippen LogP) is 0.493. The van der Waals surface area contributed by atoms with E-state index in [2.05, 4.69) is 14.9 Å². The smallest absolute Gasteiger partial charge is 0.274 e. The lowest BCUT2D eigenvalue weighted by atomic mass is 9.77. The summed E-state index contributed by atoms with van der Waals surface area (Å²) in [4.78, 5) is 39.2. The molecule has 0 aliphatic carbocycles. The van der Waals surface area contributed by atoms with Crippen LogP contribution in [-0.4, -0.2) is 83.3 Å². The zero-order valence-electron chi connectivity index (χ0n) is 14.4.